The van der Waals surface area contributed by atoms with Crippen LogP contribution in [0.2, 0.25) is 0 Å². The van der Waals surface area contributed by atoms with E-state index >= 15 is 0 Å². The van der Waals surface area contributed by atoms with E-state index in [4.69, 9.17) is 4.74 Å². The topological polar surface area (TPSA) is 58.6 Å². The molecule has 2 aromatic carbocycles. The van der Waals surface area contributed by atoms with Crippen LogP contribution in [0.15, 0.2) is 51.8 Å². The molecule has 0 aliphatic rings. The Balaban J connectivity index is 2.10. The number of methoxy groups -OCH3 is 1. The summed E-state index contributed by atoms with van der Waals surface area (Å²) in [5, 5.41) is 3.42. The fourth-order valence-electron chi connectivity index (χ4n) is 2.37. The van der Waals surface area contributed by atoms with Crippen LogP contribution >= 0.6 is 15.9 Å². The first-order valence-corrected chi connectivity index (χ1v) is 10.1. The SMILES string of the molecule is COc1ccc(C(C)NCc2cccc(S(=O)(=O)N(C)C)c2)cc1Br. The van der Waals surface area contributed by atoms with Crippen molar-refractivity contribution in [3.63, 3.8) is 0 Å². The minimum absolute atomic E-state index is 0.108. The Morgan fingerprint density at radius 2 is 1.92 bits per heavy atom. The van der Waals surface area contributed by atoms with E-state index in [9.17, 15) is 8.42 Å². The lowest BCUT2D eigenvalue weighted by molar-refractivity contribution is 0.411. The Kier molecular flexibility index (Phi) is 6.62. The van der Waals surface area contributed by atoms with E-state index < -0.39 is 10.0 Å². The average Bonchev–Trinajstić information content (AvgIpc) is 2.59. The summed E-state index contributed by atoms with van der Waals surface area (Å²) in [6.45, 7) is 2.64. The zero-order valence-corrected chi connectivity index (χ0v) is 17.2. The number of sulfonamides is 1. The number of nitrogens with zero attached hydrogens (tertiary/aromatic N) is 1. The van der Waals surface area contributed by atoms with Gasteiger partial charge in [-0.25, -0.2) is 12.7 Å². The monoisotopic (exact) mass is 426 g/mol. The highest BCUT2D eigenvalue weighted by molar-refractivity contribution is 9.10. The molecule has 0 fully saturated rings. The molecule has 2 rings (SSSR count). The van der Waals surface area contributed by atoms with Crippen LogP contribution in [0, 0.1) is 0 Å². The van der Waals surface area contributed by atoms with Crippen molar-refractivity contribution >= 4 is 26.0 Å². The van der Waals surface area contributed by atoms with Crippen LogP contribution in [0.4, 0.5) is 0 Å². The molecule has 0 radical (unpaired) electrons. The van der Waals surface area contributed by atoms with Crippen molar-refractivity contribution in [2.45, 2.75) is 24.4 Å². The first-order chi connectivity index (χ1) is 11.8. The van der Waals surface area contributed by atoms with Crippen LogP contribution in [0.25, 0.3) is 0 Å². The summed E-state index contributed by atoms with van der Waals surface area (Å²) in [5.74, 6) is 0.789. The third-order valence-corrected chi connectivity index (χ3v) is 6.40. The van der Waals surface area contributed by atoms with Crippen molar-refractivity contribution in [2.24, 2.45) is 0 Å². The summed E-state index contributed by atoms with van der Waals surface area (Å²) >= 11 is 3.49. The van der Waals surface area contributed by atoms with E-state index in [0.29, 0.717) is 11.4 Å². The summed E-state index contributed by atoms with van der Waals surface area (Å²) < 4.78 is 31.8. The smallest absolute Gasteiger partial charge is 0.242 e. The average molecular weight is 427 g/mol. The molecule has 5 nitrogen and oxygen atoms in total. The first kappa shape index (κ1) is 19.9. The standard InChI is InChI=1S/C18H23BrN2O3S/c1-13(15-8-9-18(24-4)17(19)11-15)20-12-14-6-5-7-16(10-14)25(22,23)21(2)3/h5-11,13,20H,12H2,1-4H3. The lowest BCUT2D eigenvalue weighted by Gasteiger charge is -2.17. The summed E-state index contributed by atoms with van der Waals surface area (Å²) in [6, 6.07) is 13.1. The number of nitrogens with one attached hydrogen (secondary N) is 1. The molecule has 2 aromatic rings. The van der Waals surface area contributed by atoms with Gasteiger partial charge in [-0.15, -0.1) is 0 Å². The molecule has 0 saturated heterocycles. The second-order valence-corrected chi connectivity index (χ2v) is 8.94. The largest absolute Gasteiger partial charge is 0.496 e. The van der Waals surface area contributed by atoms with Crippen molar-refractivity contribution in [2.75, 3.05) is 21.2 Å². The normalized spacial score (nSPS) is 13.0. The highest BCUT2D eigenvalue weighted by Crippen LogP contribution is 2.28. The van der Waals surface area contributed by atoms with Gasteiger partial charge in [0.2, 0.25) is 10.0 Å². The predicted octanol–water partition coefficient (Wildman–Crippen LogP) is 3.56. The predicted molar refractivity (Wildman–Crippen MR) is 103 cm³/mol. The van der Waals surface area contributed by atoms with Crippen molar-refractivity contribution < 1.29 is 13.2 Å². The maximum Gasteiger partial charge on any atom is 0.242 e. The van der Waals surface area contributed by atoms with E-state index in [-0.39, 0.29) is 6.04 Å². The molecule has 1 unspecified atom stereocenters. The van der Waals surface area contributed by atoms with Crippen LogP contribution in [-0.2, 0) is 16.6 Å². The van der Waals surface area contributed by atoms with Crippen LogP contribution in [-0.4, -0.2) is 33.9 Å². The van der Waals surface area contributed by atoms with E-state index in [0.717, 1.165) is 21.3 Å². The Morgan fingerprint density at radius 1 is 1.20 bits per heavy atom. The van der Waals surface area contributed by atoms with E-state index in [1.807, 2.05) is 24.3 Å². The molecule has 0 amide bonds. The minimum Gasteiger partial charge on any atom is -0.496 e. The summed E-state index contributed by atoms with van der Waals surface area (Å²) in [4.78, 5) is 0.302. The molecule has 7 heteroatoms. The van der Waals surface area contributed by atoms with Crippen molar-refractivity contribution in [1.82, 2.24) is 9.62 Å². The molecule has 0 heterocycles. The Bertz CT molecular complexity index is 838. The fraction of sp³-hybridized carbons (Fsp3) is 0.333. The number of halogens is 1. The highest BCUT2D eigenvalue weighted by Gasteiger charge is 2.17. The van der Waals surface area contributed by atoms with Crippen LogP contribution in [0.3, 0.4) is 0 Å². The number of ether oxygens (including phenoxy) is 1. The van der Waals surface area contributed by atoms with Crippen LogP contribution in [0.5, 0.6) is 5.75 Å². The van der Waals surface area contributed by atoms with Gasteiger partial charge in [-0.05, 0) is 58.2 Å². The second-order valence-electron chi connectivity index (χ2n) is 5.93. The Hall–Kier alpha value is -1.41. The molecule has 0 spiro atoms. The van der Waals surface area contributed by atoms with Crippen LogP contribution < -0.4 is 10.1 Å². The maximum absolute atomic E-state index is 12.2. The molecular formula is C18H23BrN2O3S. The van der Waals surface area contributed by atoms with Gasteiger partial charge in [-0.1, -0.05) is 18.2 Å². The molecule has 136 valence electrons. The van der Waals surface area contributed by atoms with E-state index in [2.05, 4.69) is 28.2 Å². The van der Waals surface area contributed by atoms with Crippen molar-refractivity contribution in [1.29, 1.82) is 0 Å². The van der Waals surface area contributed by atoms with Gasteiger partial charge >= 0.3 is 0 Å². The zero-order valence-electron chi connectivity index (χ0n) is 14.8. The summed E-state index contributed by atoms with van der Waals surface area (Å²) in [7, 11) is 1.28. The molecule has 0 bridgehead atoms. The maximum atomic E-state index is 12.2. The van der Waals surface area contributed by atoms with Gasteiger partial charge in [0.1, 0.15) is 5.75 Å². The van der Waals surface area contributed by atoms with Gasteiger partial charge in [0.25, 0.3) is 0 Å². The van der Waals surface area contributed by atoms with Crippen LogP contribution in [0.1, 0.15) is 24.1 Å². The quantitative estimate of drug-likeness (QED) is 0.734. The van der Waals surface area contributed by atoms with Gasteiger partial charge in [0.15, 0.2) is 0 Å². The number of rotatable bonds is 7. The molecular weight excluding hydrogens is 404 g/mol. The van der Waals surface area contributed by atoms with Gasteiger partial charge in [-0.3, -0.25) is 0 Å². The molecule has 0 aromatic heterocycles. The molecule has 1 atom stereocenters. The number of hydrogen-bond donors (Lipinski definition) is 1. The molecule has 0 aliphatic heterocycles. The Labute approximate surface area is 158 Å². The van der Waals surface area contributed by atoms with Gasteiger partial charge in [0.05, 0.1) is 16.5 Å². The zero-order chi connectivity index (χ0) is 18.6. The van der Waals surface area contributed by atoms with E-state index in [1.165, 1.54) is 18.4 Å². The molecule has 1 N–H and O–H groups in total. The Morgan fingerprint density at radius 3 is 2.52 bits per heavy atom. The molecule has 25 heavy (non-hydrogen) atoms. The summed E-state index contributed by atoms with van der Waals surface area (Å²) in [5.41, 5.74) is 2.03. The van der Waals surface area contributed by atoms with Crippen molar-refractivity contribution in [3.05, 3.63) is 58.1 Å². The summed E-state index contributed by atoms with van der Waals surface area (Å²) in [6.07, 6.45) is 0. The van der Waals surface area contributed by atoms with Crippen molar-refractivity contribution in [3.8, 4) is 5.75 Å². The van der Waals surface area contributed by atoms with Gasteiger partial charge in [-0.2, -0.15) is 0 Å². The highest BCUT2D eigenvalue weighted by atomic mass is 79.9. The number of hydrogen-bond acceptors (Lipinski definition) is 4. The lowest BCUT2D eigenvalue weighted by Crippen LogP contribution is -2.23. The number of benzene rings is 2. The molecule has 0 saturated carbocycles. The minimum atomic E-state index is -3.42. The third-order valence-electron chi connectivity index (χ3n) is 3.97. The molecule has 0 aliphatic carbocycles. The fourth-order valence-corrected chi connectivity index (χ4v) is 3.90. The first-order valence-electron chi connectivity index (χ1n) is 7.84. The third kappa shape index (κ3) is 4.82. The lowest BCUT2D eigenvalue weighted by atomic mass is 10.1. The van der Waals surface area contributed by atoms with E-state index in [1.54, 1.807) is 25.3 Å². The second kappa shape index (κ2) is 8.31. The van der Waals surface area contributed by atoms with Gasteiger partial charge < -0.3 is 10.1 Å². The van der Waals surface area contributed by atoms with Gasteiger partial charge in [0, 0.05) is 26.7 Å².